The van der Waals surface area contributed by atoms with Crippen LogP contribution in [0.3, 0.4) is 0 Å². The van der Waals surface area contributed by atoms with Gasteiger partial charge in [0.2, 0.25) is 0 Å². The number of hydrogen-bond donors (Lipinski definition) is 4. The van der Waals surface area contributed by atoms with Crippen LogP contribution in [0.5, 0.6) is 0 Å². The van der Waals surface area contributed by atoms with Gasteiger partial charge in [0.1, 0.15) is 0 Å². The van der Waals surface area contributed by atoms with Gasteiger partial charge in [0.05, 0.1) is 0 Å². The zero-order valence-corrected chi connectivity index (χ0v) is 8.81. The number of nitrogens with one attached hydrogen (secondary N) is 1. The number of benzene rings is 1. The molecule has 0 unspecified atom stereocenters. The summed E-state index contributed by atoms with van der Waals surface area (Å²) in [4.78, 5) is 0. The van der Waals surface area contributed by atoms with Crippen molar-refractivity contribution >= 4 is 70.0 Å². The average molecular weight is 270 g/mol. The standard InChI is InChI=1S/C7H7NOS.CH3NOS.CH4.Na.H/c9-7(10)8-6-4-2-1-3-5-6;2-1(3)4;;;/h1-5H,(H2,8,9,10);(H3,2,3,4);1H4;;. The van der Waals surface area contributed by atoms with Crippen LogP contribution in [0.1, 0.15) is 7.43 Å². The molecule has 4 nitrogen and oxygen atoms in total. The molecule has 0 bridgehead atoms. The molecule has 0 aliphatic rings. The minimum absolute atomic E-state index is 0. The molecular weight excluding hydrogens is 255 g/mol. The number of nitrogens with two attached hydrogens (primary N) is 1. The quantitative estimate of drug-likeness (QED) is 0.460. The van der Waals surface area contributed by atoms with Crippen molar-refractivity contribution in [1.82, 2.24) is 0 Å². The molecule has 16 heavy (non-hydrogen) atoms. The summed E-state index contributed by atoms with van der Waals surface area (Å²) in [6.07, 6.45) is 0. The third-order valence-electron chi connectivity index (χ3n) is 1.03. The zero-order chi connectivity index (χ0) is 11.0. The molecule has 5 N–H and O–H groups in total. The number of thiocarbonyl (C=S) groups is 2. The van der Waals surface area contributed by atoms with Gasteiger partial charge in [-0.15, -0.1) is 0 Å². The molecule has 0 aromatic heterocycles. The molecule has 1 aromatic rings. The van der Waals surface area contributed by atoms with Crippen molar-refractivity contribution in [2.45, 2.75) is 7.43 Å². The van der Waals surface area contributed by atoms with Crippen LogP contribution in [0.2, 0.25) is 0 Å². The second-order valence-corrected chi connectivity index (χ2v) is 2.94. The van der Waals surface area contributed by atoms with E-state index in [1.54, 1.807) is 0 Å². The molecule has 7 heteroatoms. The molecule has 0 fully saturated rings. The molecule has 0 amide bonds. The summed E-state index contributed by atoms with van der Waals surface area (Å²) in [5.41, 5.74) is 5.20. The van der Waals surface area contributed by atoms with Gasteiger partial charge in [-0.25, -0.2) is 0 Å². The van der Waals surface area contributed by atoms with Gasteiger partial charge in [-0.1, -0.05) is 25.6 Å². The van der Waals surface area contributed by atoms with Gasteiger partial charge in [0, 0.05) is 5.69 Å². The molecule has 0 spiro atoms. The summed E-state index contributed by atoms with van der Waals surface area (Å²) in [5, 5.41) is 18.1. The van der Waals surface area contributed by atoms with Gasteiger partial charge in [-0.05, 0) is 36.6 Å². The molecular formula is C9H15N2NaO2S2. The van der Waals surface area contributed by atoms with Gasteiger partial charge < -0.3 is 21.3 Å². The van der Waals surface area contributed by atoms with E-state index < -0.39 is 5.17 Å². The van der Waals surface area contributed by atoms with Crippen LogP contribution in [0.25, 0.3) is 0 Å². The van der Waals surface area contributed by atoms with E-state index in [0.717, 1.165) is 5.69 Å². The van der Waals surface area contributed by atoms with Gasteiger partial charge in [0.25, 0.3) is 10.3 Å². The van der Waals surface area contributed by atoms with Crippen molar-refractivity contribution in [1.29, 1.82) is 0 Å². The molecule has 0 radical (unpaired) electrons. The first-order valence-electron chi connectivity index (χ1n) is 3.55. The number of rotatable bonds is 1. The van der Waals surface area contributed by atoms with E-state index >= 15 is 0 Å². The van der Waals surface area contributed by atoms with Gasteiger partial charge in [0.15, 0.2) is 0 Å². The third kappa shape index (κ3) is 16.0. The summed E-state index contributed by atoms with van der Waals surface area (Å²) < 4.78 is 0. The van der Waals surface area contributed by atoms with Crippen LogP contribution >= 0.6 is 24.4 Å². The van der Waals surface area contributed by atoms with Gasteiger partial charge >= 0.3 is 29.6 Å². The van der Waals surface area contributed by atoms with Crippen molar-refractivity contribution in [3.8, 4) is 0 Å². The van der Waals surface area contributed by atoms with Crippen molar-refractivity contribution in [3.05, 3.63) is 30.3 Å². The van der Waals surface area contributed by atoms with Crippen LogP contribution < -0.4 is 11.1 Å². The van der Waals surface area contributed by atoms with Crippen molar-refractivity contribution < 1.29 is 10.2 Å². The van der Waals surface area contributed by atoms with Crippen LogP contribution in [-0.2, 0) is 0 Å². The number of para-hydroxylation sites is 1. The summed E-state index contributed by atoms with van der Waals surface area (Å²) >= 11 is 8.29. The first-order chi connectivity index (χ1) is 6.52. The first kappa shape index (κ1) is 20.9. The number of anilines is 1. The average Bonchev–Trinajstić information content (AvgIpc) is 2.03. The van der Waals surface area contributed by atoms with E-state index in [9.17, 15) is 0 Å². The summed E-state index contributed by atoms with van der Waals surface area (Å²) in [5.74, 6) is 0. The maximum atomic E-state index is 8.63. The molecule has 0 aliphatic carbocycles. The van der Waals surface area contributed by atoms with E-state index in [1.807, 2.05) is 30.3 Å². The maximum absolute atomic E-state index is 8.63. The normalized spacial score (nSPS) is 7.00. The Hall–Kier alpha value is -0.400. The molecule has 1 rings (SSSR count). The molecule has 0 heterocycles. The fourth-order valence-corrected chi connectivity index (χ4v) is 0.763. The Balaban J connectivity index is -0.000000249. The van der Waals surface area contributed by atoms with Crippen molar-refractivity contribution in [3.63, 3.8) is 0 Å². The Morgan fingerprint density at radius 3 is 1.81 bits per heavy atom. The Labute approximate surface area is 128 Å². The summed E-state index contributed by atoms with van der Waals surface area (Å²) in [6.45, 7) is 0. The second-order valence-electron chi connectivity index (χ2n) is 2.13. The van der Waals surface area contributed by atoms with E-state index in [1.165, 1.54) is 0 Å². The number of aliphatic hydroxyl groups is 2. The minimum atomic E-state index is -0.500. The summed E-state index contributed by atoms with van der Waals surface area (Å²) in [7, 11) is 0. The summed E-state index contributed by atoms with van der Waals surface area (Å²) in [6, 6.07) is 9.26. The zero-order valence-electron chi connectivity index (χ0n) is 7.18. The predicted molar refractivity (Wildman–Crippen MR) is 78.6 cm³/mol. The molecule has 0 saturated heterocycles. The Morgan fingerprint density at radius 1 is 1.12 bits per heavy atom. The van der Waals surface area contributed by atoms with Gasteiger partial charge in [-0.2, -0.15) is 0 Å². The molecule has 86 valence electrons. The van der Waals surface area contributed by atoms with Crippen molar-refractivity contribution in [2.75, 3.05) is 5.32 Å². The molecule has 0 aliphatic heterocycles. The first-order valence-corrected chi connectivity index (χ1v) is 4.37. The monoisotopic (exact) mass is 270 g/mol. The number of aliphatic hydroxyl groups excluding tert-OH is 2. The van der Waals surface area contributed by atoms with E-state index in [2.05, 4.69) is 35.5 Å². The van der Waals surface area contributed by atoms with Crippen LogP contribution in [0, 0.1) is 0 Å². The Morgan fingerprint density at radius 2 is 1.50 bits per heavy atom. The fraction of sp³-hybridized carbons (Fsp3) is 0.111. The molecule has 1 aromatic carbocycles. The van der Waals surface area contributed by atoms with Gasteiger partial charge in [-0.3, -0.25) is 0 Å². The second kappa shape index (κ2) is 12.7. The third-order valence-corrected chi connectivity index (χ3v) is 1.13. The SMILES string of the molecule is C.NC(O)=S.OC(=S)Nc1ccccc1.[NaH]. The predicted octanol–water partition coefficient (Wildman–Crippen LogP) is 1.72. The Kier molecular flexibility index (Phi) is 16.6. The molecule has 0 atom stereocenters. The van der Waals surface area contributed by atoms with Crippen LogP contribution in [0.4, 0.5) is 5.69 Å². The van der Waals surface area contributed by atoms with Crippen molar-refractivity contribution in [2.24, 2.45) is 5.73 Å². The number of hydrogen-bond acceptors (Lipinski definition) is 2. The fourth-order valence-electron chi connectivity index (χ4n) is 0.645. The van der Waals surface area contributed by atoms with Crippen LogP contribution in [-0.4, -0.2) is 50.1 Å². The topological polar surface area (TPSA) is 78.5 Å². The van der Waals surface area contributed by atoms with E-state index in [4.69, 9.17) is 10.2 Å². The van der Waals surface area contributed by atoms with Crippen LogP contribution in [0.15, 0.2) is 30.3 Å². The van der Waals surface area contributed by atoms with E-state index in [-0.39, 0.29) is 42.2 Å². The molecule has 0 saturated carbocycles. The van der Waals surface area contributed by atoms with E-state index in [0.29, 0.717) is 0 Å². The Bertz CT molecular complexity index is 306.